The summed E-state index contributed by atoms with van der Waals surface area (Å²) in [5, 5.41) is 8.11. The summed E-state index contributed by atoms with van der Waals surface area (Å²) in [6.07, 6.45) is -4.14. The van der Waals surface area contributed by atoms with Gasteiger partial charge in [-0.25, -0.2) is 0 Å². The van der Waals surface area contributed by atoms with Crippen LogP contribution >= 0.6 is 11.6 Å². The quantitative estimate of drug-likeness (QED) is 0.358. The first-order chi connectivity index (χ1) is 17.5. The molecule has 1 aliphatic carbocycles. The largest absolute Gasteiger partial charge is 0.493 e. The van der Waals surface area contributed by atoms with Crippen molar-refractivity contribution in [2.24, 2.45) is 5.92 Å². The van der Waals surface area contributed by atoms with Gasteiger partial charge in [-0.05, 0) is 31.0 Å². The summed E-state index contributed by atoms with van der Waals surface area (Å²) >= 11 is 6.11. The van der Waals surface area contributed by atoms with Crippen molar-refractivity contribution in [1.82, 2.24) is 0 Å². The highest BCUT2D eigenvalue weighted by atomic mass is 35.5. The first-order valence-corrected chi connectivity index (χ1v) is 11.5. The lowest BCUT2D eigenvalue weighted by molar-refractivity contribution is -0.151. The summed E-state index contributed by atoms with van der Waals surface area (Å²) in [5.41, 5.74) is -2.30. The van der Waals surface area contributed by atoms with Crippen molar-refractivity contribution in [3.63, 3.8) is 0 Å². The minimum Gasteiger partial charge on any atom is -0.493 e. The maximum Gasteiger partial charge on any atom is 0.417 e. The van der Waals surface area contributed by atoms with Crippen LogP contribution in [0.25, 0.3) is 22.3 Å². The summed E-state index contributed by atoms with van der Waals surface area (Å²) in [5.74, 6) is -0.629. The Balaban J connectivity index is 1.68. The van der Waals surface area contributed by atoms with E-state index in [0.29, 0.717) is 18.6 Å². The number of carbonyl (C=O) groups is 1. The number of aliphatic carboxylic acids is 1. The molecular formula is C25H22ClF3O8. The molecule has 0 saturated heterocycles. The number of hydrogen-bond acceptors (Lipinski definition) is 7. The molecule has 8 nitrogen and oxygen atoms in total. The Labute approximate surface area is 213 Å². The van der Waals surface area contributed by atoms with Crippen LogP contribution in [0.3, 0.4) is 0 Å². The Bertz CT molecular complexity index is 1380. The van der Waals surface area contributed by atoms with Crippen LogP contribution in [-0.4, -0.2) is 44.6 Å². The highest BCUT2D eigenvalue weighted by Crippen LogP contribution is 2.42. The Kier molecular flexibility index (Phi) is 7.56. The van der Waals surface area contributed by atoms with E-state index in [0.717, 1.165) is 18.2 Å². The normalized spacial score (nSPS) is 17.4. The fourth-order valence-electron chi connectivity index (χ4n) is 4.04. The molecule has 1 aromatic heterocycles. The lowest BCUT2D eigenvalue weighted by Crippen LogP contribution is -2.37. The highest BCUT2D eigenvalue weighted by molar-refractivity contribution is 6.34. The Morgan fingerprint density at radius 3 is 2.38 bits per heavy atom. The van der Waals surface area contributed by atoms with E-state index in [-0.39, 0.29) is 47.2 Å². The predicted molar refractivity (Wildman–Crippen MR) is 127 cm³/mol. The van der Waals surface area contributed by atoms with Gasteiger partial charge < -0.3 is 28.5 Å². The van der Waals surface area contributed by atoms with Crippen molar-refractivity contribution in [2.45, 2.75) is 25.1 Å². The molecule has 12 heteroatoms. The summed E-state index contributed by atoms with van der Waals surface area (Å²) in [7, 11) is 2.80. The molecule has 1 N–H and O–H groups in total. The molecule has 0 radical (unpaired) electrons. The number of halogens is 4. The molecule has 37 heavy (non-hydrogen) atoms. The predicted octanol–water partition coefficient (Wildman–Crippen LogP) is 5.41. The molecule has 1 heterocycles. The van der Waals surface area contributed by atoms with Crippen molar-refractivity contribution in [1.29, 1.82) is 0 Å². The second-order valence-electron chi connectivity index (χ2n) is 8.32. The minimum atomic E-state index is -4.79. The van der Waals surface area contributed by atoms with Gasteiger partial charge in [-0.3, -0.25) is 9.59 Å². The van der Waals surface area contributed by atoms with E-state index >= 15 is 0 Å². The van der Waals surface area contributed by atoms with E-state index in [2.05, 4.69) is 0 Å². The van der Waals surface area contributed by atoms with Gasteiger partial charge in [0.2, 0.25) is 0 Å². The van der Waals surface area contributed by atoms with E-state index in [4.69, 9.17) is 40.1 Å². The average molecular weight is 543 g/mol. The molecular weight excluding hydrogens is 521 g/mol. The molecule has 0 bridgehead atoms. The van der Waals surface area contributed by atoms with Gasteiger partial charge in [0.1, 0.15) is 18.1 Å². The zero-order valence-corrected chi connectivity index (χ0v) is 20.4. The molecule has 2 aromatic carbocycles. The number of carboxylic acids is 1. The van der Waals surface area contributed by atoms with Gasteiger partial charge >= 0.3 is 12.1 Å². The summed E-state index contributed by atoms with van der Waals surface area (Å²) in [6.45, 7) is 0.195. The van der Waals surface area contributed by atoms with Crippen molar-refractivity contribution < 1.29 is 46.4 Å². The van der Waals surface area contributed by atoms with Gasteiger partial charge in [0, 0.05) is 12.1 Å². The number of methoxy groups -OCH3 is 2. The van der Waals surface area contributed by atoms with Crippen LogP contribution in [0.1, 0.15) is 18.4 Å². The molecule has 0 atom stereocenters. The highest BCUT2D eigenvalue weighted by Gasteiger charge is 2.36. The number of fused-ring (bicyclic) bond motifs is 1. The molecule has 0 unspecified atom stereocenters. The van der Waals surface area contributed by atoms with Crippen molar-refractivity contribution in [3.05, 3.63) is 51.1 Å². The molecule has 1 fully saturated rings. The standard InChI is InChI=1S/C25H22ClF3O8/c1-33-20-9-14(18(11-21(20)34-2)36-6-5-35-13-7-12(8-13)24(31)32)19-10-17(30)22-15(25(27,28)29)3-4-16(26)23(22)37-19/h3-4,9-13H,5-8H2,1-2H3,(H,31,32). The van der Waals surface area contributed by atoms with Gasteiger partial charge in [-0.15, -0.1) is 0 Å². The molecule has 0 aliphatic heterocycles. The average Bonchev–Trinajstić information content (AvgIpc) is 2.81. The smallest absolute Gasteiger partial charge is 0.417 e. The molecule has 1 aliphatic rings. The Hall–Kier alpha value is -3.44. The number of carboxylic acid groups (broad SMARTS) is 1. The lowest BCUT2D eigenvalue weighted by atomic mass is 9.82. The minimum absolute atomic E-state index is 0.0491. The van der Waals surface area contributed by atoms with E-state index in [9.17, 15) is 22.8 Å². The van der Waals surface area contributed by atoms with Crippen LogP contribution in [0.5, 0.6) is 17.2 Å². The van der Waals surface area contributed by atoms with Gasteiger partial charge in [0.25, 0.3) is 0 Å². The van der Waals surface area contributed by atoms with Crippen LogP contribution in [0.2, 0.25) is 5.02 Å². The molecule has 0 spiro atoms. The maximum absolute atomic E-state index is 13.5. The monoisotopic (exact) mass is 542 g/mol. The van der Waals surface area contributed by atoms with Crippen LogP contribution in [-0.2, 0) is 15.7 Å². The molecule has 3 aromatic rings. The van der Waals surface area contributed by atoms with Gasteiger partial charge in [-0.1, -0.05) is 11.6 Å². The van der Waals surface area contributed by atoms with Crippen molar-refractivity contribution in [3.8, 4) is 28.6 Å². The van der Waals surface area contributed by atoms with Gasteiger partial charge in [-0.2, -0.15) is 13.2 Å². The third-order valence-corrected chi connectivity index (χ3v) is 6.32. The van der Waals surface area contributed by atoms with Crippen molar-refractivity contribution in [2.75, 3.05) is 27.4 Å². The van der Waals surface area contributed by atoms with Crippen LogP contribution in [0, 0.1) is 5.92 Å². The molecule has 198 valence electrons. The lowest BCUT2D eigenvalue weighted by Gasteiger charge is -2.32. The number of ether oxygens (including phenoxy) is 4. The zero-order valence-electron chi connectivity index (χ0n) is 19.7. The van der Waals surface area contributed by atoms with E-state index in [1.165, 1.54) is 26.4 Å². The molecule has 1 saturated carbocycles. The summed E-state index contributed by atoms with van der Waals surface area (Å²) < 4.78 is 68.3. The number of hydrogen-bond donors (Lipinski definition) is 1. The van der Waals surface area contributed by atoms with Crippen molar-refractivity contribution >= 4 is 28.5 Å². The topological polar surface area (TPSA) is 104 Å². The van der Waals surface area contributed by atoms with E-state index in [1.54, 1.807) is 0 Å². The van der Waals surface area contributed by atoms with Gasteiger partial charge in [0.15, 0.2) is 22.5 Å². The summed E-state index contributed by atoms with van der Waals surface area (Å²) in [4.78, 5) is 23.8. The fourth-order valence-corrected chi connectivity index (χ4v) is 4.24. The second-order valence-corrected chi connectivity index (χ2v) is 8.73. The Morgan fingerprint density at radius 2 is 1.76 bits per heavy atom. The number of benzene rings is 2. The van der Waals surface area contributed by atoms with E-state index < -0.39 is 40.0 Å². The fraction of sp³-hybridized carbons (Fsp3) is 0.360. The van der Waals surface area contributed by atoms with Crippen LogP contribution in [0.15, 0.2) is 39.5 Å². The SMILES string of the molecule is COc1cc(OCCOC2CC(C(=O)O)C2)c(-c2cc(=O)c3c(C(F)(F)F)ccc(Cl)c3o2)cc1OC. The summed E-state index contributed by atoms with van der Waals surface area (Å²) in [6, 6.07) is 5.62. The third-order valence-electron chi connectivity index (χ3n) is 6.03. The van der Waals surface area contributed by atoms with E-state index in [1.807, 2.05) is 0 Å². The number of rotatable bonds is 9. The van der Waals surface area contributed by atoms with Gasteiger partial charge in [0.05, 0.1) is 54.4 Å². The molecule has 4 rings (SSSR count). The molecule has 0 amide bonds. The first kappa shape index (κ1) is 26.6. The number of alkyl halides is 3. The third kappa shape index (κ3) is 5.47. The van der Waals surface area contributed by atoms with Crippen LogP contribution < -0.4 is 19.6 Å². The van der Waals surface area contributed by atoms with Crippen LogP contribution in [0.4, 0.5) is 13.2 Å². The zero-order chi connectivity index (χ0) is 26.9. The Morgan fingerprint density at radius 1 is 1.08 bits per heavy atom. The first-order valence-electron chi connectivity index (χ1n) is 11.1. The maximum atomic E-state index is 13.5. The second kappa shape index (κ2) is 10.5.